The molecular formula is C13H16BrClN4. The van der Waals surface area contributed by atoms with E-state index in [1.165, 1.54) is 0 Å². The minimum atomic E-state index is 0.123. The predicted molar refractivity (Wildman–Crippen MR) is 80.3 cm³/mol. The average molecular weight is 344 g/mol. The standard InChI is InChI=1S/C13H16BrClN4/c1-3-16-11(7-12-17-8-18-19(12)2)9-5-4-6-10(14)13(9)15/h4-6,8,11,16H,3,7H2,1-2H3. The summed E-state index contributed by atoms with van der Waals surface area (Å²) in [4.78, 5) is 4.27. The highest BCUT2D eigenvalue weighted by Gasteiger charge is 2.18. The second-order valence-electron chi connectivity index (χ2n) is 4.26. The van der Waals surface area contributed by atoms with E-state index in [0.29, 0.717) is 0 Å². The first kappa shape index (κ1) is 14.5. The summed E-state index contributed by atoms with van der Waals surface area (Å²) in [6.45, 7) is 2.95. The van der Waals surface area contributed by atoms with Crippen molar-refractivity contribution in [2.75, 3.05) is 6.54 Å². The molecule has 0 aliphatic rings. The zero-order valence-corrected chi connectivity index (χ0v) is 13.2. The van der Waals surface area contributed by atoms with Crippen molar-refractivity contribution in [1.29, 1.82) is 0 Å². The molecule has 0 saturated heterocycles. The van der Waals surface area contributed by atoms with Crippen molar-refractivity contribution in [1.82, 2.24) is 20.1 Å². The maximum Gasteiger partial charge on any atom is 0.138 e. The Morgan fingerprint density at radius 3 is 2.89 bits per heavy atom. The Morgan fingerprint density at radius 2 is 2.26 bits per heavy atom. The lowest BCUT2D eigenvalue weighted by atomic mass is 10.0. The highest BCUT2D eigenvalue weighted by Crippen LogP contribution is 2.31. The molecule has 0 bridgehead atoms. The molecule has 0 aliphatic carbocycles. The molecule has 4 nitrogen and oxygen atoms in total. The maximum atomic E-state index is 6.37. The molecule has 0 aliphatic heterocycles. The average Bonchev–Trinajstić information content (AvgIpc) is 2.78. The fourth-order valence-electron chi connectivity index (χ4n) is 2.02. The van der Waals surface area contributed by atoms with Gasteiger partial charge in [-0.2, -0.15) is 5.10 Å². The monoisotopic (exact) mass is 342 g/mol. The van der Waals surface area contributed by atoms with Gasteiger partial charge in [0.25, 0.3) is 0 Å². The number of likely N-dealkylation sites (N-methyl/N-ethyl adjacent to an activating group) is 1. The van der Waals surface area contributed by atoms with E-state index >= 15 is 0 Å². The highest BCUT2D eigenvalue weighted by molar-refractivity contribution is 9.10. The van der Waals surface area contributed by atoms with Gasteiger partial charge in [-0.25, -0.2) is 4.98 Å². The van der Waals surface area contributed by atoms with Crippen molar-refractivity contribution < 1.29 is 0 Å². The smallest absolute Gasteiger partial charge is 0.138 e. The number of aryl methyl sites for hydroxylation is 1. The first-order valence-electron chi connectivity index (χ1n) is 6.13. The van der Waals surface area contributed by atoms with Crippen LogP contribution in [0, 0.1) is 0 Å². The largest absolute Gasteiger partial charge is 0.310 e. The summed E-state index contributed by atoms with van der Waals surface area (Å²) >= 11 is 9.84. The van der Waals surface area contributed by atoms with Crippen LogP contribution in [-0.4, -0.2) is 21.3 Å². The third-order valence-corrected chi connectivity index (χ3v) is 4.31. The van der Waals surface area contributed by atoms with Crippen molar-refractivity contribution in [3.63, 3.8) is 0 Å². The van der Waals surface area contributed by atoms with Crippen LogP contribution in [0.1, 0.15) is 24.4 Å². The molecule has 0 saturated carbocycles. The summed E-state index contributed by atoms with van der Waals surface area (Å²) in [5.41, 5.74) is 1.07. The molecule has 0 radical (unpaired) electrons. The lowest BCUT2D eigenvalue weighted by Gasteiger charge is -2.19. The minimum Gasteiger partial charge on any atom is -0.310 e. The Balaban J connectivity index is 2.29. The van der Waals surface area contributed by atoms with Gasteiger partial charge in [-0.1, -0.05) is 30.7 Å². The van der Waals surface area contributed by atoms with Gasteiger partial charge in [0.15, 0.2) is 0 Å². The van der Waals surface area contributed by atoms with E-state index in [4.69, 9.17) is 11.6 Å². The van der Waals surface area contributed by atoms with Crippen LogP contribution in [0.4, 0.5) is 0 Å². The molecule has 1 N–H and O–H groups in total. The van der Waals surface area contributed by atoms with E-state index in [-0.39, 0.29) is 6.04 Å². The van der Waals surface area contributed by atoms with Crippen molar-refractivity contribution in [3.05, 3.63) is 45.4 Å². The Hall–Kier alpha value is -0.910. The molecule has 1 unspecified atom stereocenters. The Morgan fingerprint density at radius 1 is 1.47 bits per heavy atom. The first-order valence-corrected chi connectivity index (χ1v) is 7.30. The summed E-state index contributed by atoms with van der Waals surface area (Å²) in [6.07, 6.45) is 2.32. The van der Waals surface area contributed by atoms with Crippen LogP contribution in [0.2, 0.25) is 5.02 Å². The molecule has 0 spiro atoms. The molecule has 6 heteroatoms. The maximum absolute atomic E-state index is 6.37. The van der Waals surface area contributed by atoms with Gasteiger partial charge >= 0.3 is 0 Å². The molecule has 0 amide bonds. The molecule has 2 aromatic rings. The Bertz CT molecular complexity index is 555. The van der Waals surface area contributed by atoms with Crippen LogP contribution >= 0.6 is 27.5 Å². The molecule has 0 fully saturated rings. The fraction of sp³-hybridized carbons (Fsp3) is 0.385. The van der Waals surface area contributed by atoms with Gasteiger partial charge in [0.2, 0.25) is 0 Å². The van der Waals surface area contributed by atoms with Gasteiger partial charge in [-0.15, -0.1) is 0 Å². The summed E-state index contributed by atoms with van der Waals surface area (Å²) in [7, 11) is 1.90. The normalized spacial score (nSPS) is 12.6. The van der Waals surface area contributed by atoms with Crippen LogP contribution in [0.15, 0.2) is 29.0 Å². The number of nitrogens with zero attached hydrogens (tertiary/aromatic N) is 3. The van der Waals surface area contributed by atoms with Crippen LogP contribution in [0.3, 0.4) is 0 Å². The van der Waals surface area contributed by atoms with E-state index in [1.54, 1.807) is 11.0 Å². The summed E-state index contributed by atoms with van der Waals surface area (Å²) < 4.78 is 2.70. The number of benzene rings is 1. The first-order chi connectivity index (χ1) is 9.13. The van der Waals surface area contributed by atoms with Crippen LogP contribution in [-0.2, 0) is 13.5 Å². The highest BCUT2D eigenvalue weighted by atomic mass is 79.9. The second-order valence-corrected chi connectivity index (χ2v) is 5.49. The van der Waals surface area contributed by atoms with Crippen LogP contribution < -0.4 is 5.32 Å². The van der Waals surface area contributed by atoms with Crippen LogP contribution in [0.25, 0.3) is 0 Å². The van der Waals surface area contributed by atoms with Crippen molar-refractivity contribution in [2.24, 2.45) is 7.05 Å². The number of halogens is 2. The lowest BCUT2D eigenvalue weighted by Crippen LogP contribution is -2.24. The number of rotatable bonds is 5. The molecular weight excluding hydrogens is 328 g/mol. The third kappa shape index (κ3) is 3.35. The van der Waals surface area contributed by atoms with E-state index in [1.807, 2.05) is 25.2 Å². The van der Waals surface area contributed by atoms with Gasteiger partial charge < -0.3 is 5.32 Å². The molecule has 2 rings (SSSR count). The molecule has 19 heavy (non-hydrogen) atoms. The third-order valence-electron chi connectivity index (χ3n) is 3.00. The summed E-state index contributed by atoms with van der Waals surface area (Å²) in [6, 6.07) is 6.10. The Kier molecular flexibility index (Phi) is 4.96. The SMILES string of the molecule is CCNC(Cc1ncnn1C)c1cccc(Br)c1Cl. The van der Waals surface area contributed by atoms with E-state index < -0.39 is 0 Å². The quantitative estimate of drug-likeness (QED) is 0.907. The number of nitrogens with one attached hydrogen (secondary N) is 1. The lowest BCUT2D eigenvalue weighted by molar-refractivity contribution is 0.522. The topological polar surface area (TPSA) is 42.7 Å². The molecule has 1 heterocycles. The number of hydrogen-bond donors (Lipinski definition) is 1. The Labute approximate surface area is 126 Å². The van der Waals surface area contributed by atoms with Gasteiger partial charge in [-0.05, 0) is 34.1 Å². The van der Waals surface area contributed by atoms with Crippen LogP contribution in [0.5, 0.6) is 0 Å². The number of hydrogen-bond acceptors (Lipinski definition) is 3. The summed E-state index contributed by atoms with van der Waals surface area (Å²) in [5, 5.41) is 8.29. The zero-order chi connectivity index (χ0) is 13.8. The fourth-order valence-corrected chi connectivity index (χ4v) is 2.65. The molecule has 1 aromatic heterocycles. The van der Waals surface area contributed by atoms with Crippen molar-refractivity contribution in [3.8, 4) is 0 Å². The summed E-state index contributed by atoms with van der Waals surface area (Å²) in [5.74, 6) is 0.932. The second kappa shape index (κ2) is 6.50. The number of aromatic nitrogens is 3. The van der Waals surface area contributed by atoms with Gasteiger partial charge in [0.05, 0.1) is 5.02 Å². The van der Waals surface area contributed by atoms with Crippen molar-refractivity contribution >= 4 is 27.5 Å². The van der Waals surface area contributed by atoms with Gasteiger partial charge in [0.1, 0.15) is 12.2 Å². The van der Waals surface area contributed by atoms with Crippen molar-refractivity contribution in [2.45, 2.75) is 19.4 Å². The van der Waals surface area contributed by atoms with E-state index in [9.17, 15) is 0 Å². The van der Waals surface area contributed by atoms with E-state index in [0.717, 1.165) is 33.8 Å². The van der Waals surface area contributed by atoms with Gasteiger partial charge in [-0.3, -0.25) is 4.68 Å². The predicted octanol–water partition coefficient (Wildman–Crippen LogP) is 3.12. The van der Waals surface area contributed by atoms with E-state index in [2.05, 4.69) is 38.3 Å². The molecule has 1 atom stereocenters. The zero-order valence-electron chi connectivity index (χ0n) is 10.9. The van der Waals surface area contributed by atoms with Gasteiger partial charge in [0, 0.05) is 24.0 Å². The minimum absolute atomic E-state index is 0.123. The molecule has 1 aromatic carbocycles. The molecule has 102 valence electrons.